The van der Waals surface area contributed by atoms with Gasteiger partial charge in [0.1, 0.15) is 0 Å². The topological polar surface area (TPSA) is 38.5 Å². The van der Waals surface area contributed by atoms with Crippen LogP contribution < -0.4 is 5.73 Å². The van der Waals surface area contributed by atoms with Crippen LogP contribution in [0.3, 0.4) is 0 Å². The van der Waals surface area contributed by atoms with Crippen molar-refractivity contribution in [2.24, 2.45) is 11.7 Å². The molecule has 0 aromatic carbocycles. The molecule has 0 bridgehead atoms. The van der Waals surface area contributed by atoms with Gasteiger partial charge in [0.15, 0.2) is 0 Å². The fourth-order valence-electron chi connectivity index (χ4n) is 2.62. The highest BCUT2D eigenvalue weighted by Crippen LogP contribution is 2.27. The first kappa shape index (κ1) is 10.4. The van der Waals surface area contributed by atoms with Crippen LogP contribution in [0.2, 0.25) is 0 Å². The molecule has 3 nitrogen and oxygen atoms in total. The van der Waals surface area contributed by atoms with Gasteiger partial charge >= 0.3 is 0 Å². The second-order valence-corrected chi connectivity index (χ2v) is 4.88. The van der Waals surface area contributed by atoms with Gasteiger partial charge in [-0.3, -0.25) is 0 Å². The molecule has 1 saturated carbocycles. The summed E-state index contributed by atoms with van der Waals surface area (Å²) in [4.78, 5) is 2.51. The summed E-state index contributed by atoms with van der Waals surface area (Å²) in [6.45, 7) is 3.12. The Morgan fingerprint density at radius 2 is 1.93 bits per heavy atom. The first-order valence-corrected chi connectivity index (χ1v) is 5.79. The predicted molar refractivity (Wildman–Crippen MR) is 57.2 cm³/mol. The van der Waals surface area contributed by atoms with Gasteiger partial charge in [0.2, 0.25) is 0 Å². The number of ether oxygens (including phenoxy) is 1. The highest BCUT2D eigenvalue weighted by Gasteiger charge is 2.28. The lowest BCUT2D eigenvalue weighted by Gasteiger charge is -2.39. The summed E-state index contributed by atoms with van der Waals surface area (Å²) in [7, 11) is 2.25. The van der Waals surface area contributed by atoms with Crippen molar-refractivity contribution in [3.8, 4) is 0 Å². The molecular formula is C11H22N2O. The molecule has 1 saturated heterocycles. The minimum Gasteiger partial charge on any atom is -0.381 e. The lowest BCUT2D eigenvalue weighted by molar-refractivity contribution is 0.0319. The molecule has 82 valence electrons. The van der Waals surface area contributed by atoms with Gasteiger partial charge in [-0.05, 0) is 38.6 Å². The normalized spacial score (nSPS) is 34.5. The van der Waals surface area contributed by atoms with Crippen molar-refractivity contribution in [2.45, 2.75) is 37.8 Å². The average molecular weight is 198 g/mol. The van der Waals surface area contributed by atoms with Crippen LogP contribution in [0.15, 0.2) is 0 Å². The van der Waals surface area contributed by atoms with Crippen LogP contribution in [0, 0.1) is 5.92 Å². The van der Waals surface area contributed by atoms with E-state index in [2.05, 4.69) is 11.9 Å². The Balaban J connectivity index is 1.69. The van der Waals surface area contributed by atoms with E-state index in [0.29, 0.717) is 6.04 Å². The van der Waals surface area contributed by atoms with Gasteiger partial charge in [-0.1, -0.05) is 0 Å². The monoisotopic (exact) mass is 198 g/mol. The predicted octanol–water partition coefficient (Wildman–Crippen LogP) is 0.834. The lowest BCUT2D eigenvalue weighted by Crippen LogP contribution is -2.45. The third-order valence-electron chi connectivity index (χ3n) is 3.63. The molecule has 0 spiro atoms. The van der Waals surface area contributed by atoms with E-state index >= 15 is 0 Å². The summed E-state index contributed by atoms with van der Waals surface area (Å²) in [5, 5.41) is 0. The first-order chi connectivity index (χ1) is 6.75. The summed E-state index contributed by atoms with van der Waals surface area (Å²) in [5.74, 6) is 0.859. The summed E-state index contributed by atoms with van der Waals surface area (Å²) >= 11 is 0. The fraction of sp³-hybridized carbons (Fsp3) is 1.00. The minimum atomic E-state index is 0.489. The summed E-state index contributed by atoms with van der Waals surface area (Å²) < 4.78 is 5.37. The summed E-state index contributed by atoms with van der Waals surface area (Å²) in [6.07, 6.45) is 4.87. The zero-order chi connectivity index (χ0) is 9.97. The summed E-state index contributed by atoms with van der Waals surface area (Å²) in [5.41, 5.74) is 5.78. The van der Waals surface area contributed by atoms with Gasteiger partial charge in [-0.15, -0.1) is 0 Å². The van der Waals surface area contributed by atoms with Gasteiger partial charge in [0.05, 0.1) is 0 Å². The van der Waals surface area contributed by atoms with E-state index in [0.717, 1.165) is 25.2 Å². The molecule has 2 N–H and O–H groups in total. The molecular weight excluding hydrogens is 176 g/mol. The fourth-order valence-corrected chi connectivity index (χ4v) is 2.62. The molecule has 2 fully saturated rings. The third kappa shape index (κ3) is 2.47. The molecule has 0 aromatic heterocycles. The molecule has 2 rings (SSSR count). The van der Waals surface area contributed by atoms with Crippen LogP contribution in [0.25, 0.3) is 0 Å². The molecule has 1 heterocycles. The molecule has 2 aliphatic rings. The number of nitrogens with zero attached hydrogens (tertiary/aromatic N) is 1. The standard InChI is InChI=1S/C11H22N2O/c1-13(8-9-6-10(12)7-9)11-2-4-14-5-3-11/h9-11H,2-8,12H2,1H3. The van der Waals surface area contributed by atoms with Crippen molar-refractivity contribution in [2.75, 3.05) is 26.8 Å². The molecule has 0 radical (unpaired) electrons. The molecule has 0 unspecified atom stereocenters. The minimum absolute atomic E-state index is 0.489. The third-order valence-corrected chi connectivity index (χ3v) is 3.63. The van der Waals surface area contributed by atoms with E-state index in [9.17, 15) is 0 Å². The Morgan fingerprint density at radius 3 is 2.50 bits per heavy atom. The number of hydrogen-bond acceptors (Lipinski definition) is 3. The van der Waals surface area contributed by atoms with Gasteiger partial charge in [-0.25, -0.2) is 0 Å². The maximum absolute atomic E-state index is 5.78. The Kier molecular flexibility index (Phi) is 3.42. The Hall–Kier alpha value is -0.120. The second-order valence-electron chi connectivity index (χ2n) is 4.88. The van der Waals surface area contributed by atoms with Crippen LogP contribution in [0.1, 0.15) is 25.7 Å². The van der Waals surface area contributed by atoms with Gasteiger partial charge in [0.25, 0.3) is 0 Å². The Bertz CT molecular complexity index is 174. The SMILES string of the molecule is CN(CC1CC(N)C1)C1CCOCC1. The zero-order valence-corrected chi connectivity index (χ0v) is 9.11. The highest BCUT2D eigenvalue weighted by atomic mass is 16.5. The quantitative estimate of drug-likeness (QED) is 0.730. The first-order valence-electron chi connectivity index (χ1n) is 5.79. The Labute approximate surface area is 86.6 Å². The van der Waals surface area contributed by atoms with Crippen LogP contribution in [-0.4, -0.2) is 43.8 Å². The molecule has 0 atom stereocenters. The van der Waals surface area contributed by atoms with Gasteiger partial charge < -0.3 is 15.4 Å². The van der Waals surface area contributed by atoms with E-state index in [4.69, 9.17) is 10.5 Å². The highest BCUT2D eigenvalue weighted by molar-refractivity contribution is 4.85. The molecule has 14 heavy (non-hydrogen) atoms. The summed E-state index contributed by atoms with van der Waals surface area (Å²) in [6, 6.07) is 1.24. The molecule has 0 amide bonds. The molecule has 3 heteroatoms. The van der Waals surface area contributed by atoms with Crippen LogP contribution >= 0.6 is 0 Å². The largest absolute Gasteiger partial charge is 0.381 e. The smallest absolute Gasteiger partial charge is 0.0480 e. The van der Waals surface area contributed by atoms with Crippen molar-refractivity contribution < 1.29 is 4.74 Å². The maximum atomic E-state index is 5.78. The van der Waals surface area contributed by atoms with E-state index in [1.54, 1.807) is 0 Å². The molecule has 0 aromatic rings. The number of nitrogens with two attached hydrogens (primary N) is 1. The lowest BCUT2D eigenvalue weighted by atomic mass is 9.80. The second kappa shape index (κ2) is 4.60. The molecule has 1 aliphatic carbocycles. The van der Waals surface area contributed by atoms with Crippen molar-refractivity contribution in [1.82, 2.24) is 4.90 Å². The van der Waals surface area contributed by atoms with Gasteiger partial charge in [0, 0.05) is 31.8 Å². The van der Waals surface area contributed by atoms with Crippen molar-refractivity contribution in [1.29, 1.82) is 0 Å². The van der Waals surface area contributed by atoms with Gasteiger partial charge in [-0.2, -0.15) is 0 Å². The Morgan fingerprint density at radius 1 is 1.29 bits per heavy atom. The van der Waals surface area contributed by atoms with Crippen molar-refractivity contribution >= 4 is 0 Å². The van der Waals surface area contributed by atoms with Crippen LogP contribution in [0.4, 0.5) is 0 Å². The van der Waals surface area contributed by atoms with E-state index in [-0.39, 0.29) is 0 Å². The van der Waals surface area contributed by atoms with E-state index in [1.165, 1.54) is 32.2 Å². The number of rotatable bonds is 3. The van der Waals surface area contributed by atoms with Crippen LogP contribution in [0.5, 0.6) is 0 Å². The van der Waals surface area contributed by atoms with E-state index < -0.39 is 0 Å². The van der Waals surface area contributed by atoms with Crippen molar-refractivity contribution in [3.63, 3.8) is 0 Å². The van der Waals surface area contributed by atoms with Crippen molar-refractivity contribution in [3.05, 3.63) is 0 Å². The van der Waals surface area contributed by atoms with E-state index in [1.807, 2.05) is 0 Å². The van der Waals surface area contributed by atoms with Crippen LogP contribution in [-0.2, 0) is 4.74 Å². The zero-order valence-electron chi connectivity index (χ0n) is 9.11. The number of hydrogen-bond donors (Lipinski definition) is 1. The molecule has 1 aliphatic heterocycles. The average Bonchev–Trinajstić information content (AvgIpc) is 2.17. The maximum Gasteiger partial charge on any atom is 0.0480 e.